The van der Waals surface area contributed by atoms with Crippen molar-refractivity contribution in [3.05, 3.63) is 11.3 Å². The highest BCUT2D eigenvalue weighted by Crippen LogP contribution is 2.28. The Morgan fingerprint density at radius 1 is 1.69 bits per heavy atom. The molecule has 0 aliphatic carbocycles. The van der Waals surface area contributed by atoms with E-state index in [-0.39, 0.29) is 0 Å². The third-order valence-electron chi connectivity index (χ3n) is 1.84. The van der Waals surface area contributed by atoms with E-state index in [0.29, 0.717) is 30.2 Å². The minimum atomic E-state index is -0.661. The fourth-order valence-electron chi connectivity index (χ4n) is 1.19. The second-order valence-corrected chi connectivity index (χ2v) is 2.75. The number of rotatable bonds is 4. The molecule has 0 aliphatic heterocycles. The molecular formula is C8H14N2O3. The highest BCUT2D eigenvalue weighted by atomic mass is 16.5. The van der Waals surface area contributed by atoms with E-state index in [1.54, 1.807) is 6.92 Å². The molecule has 0 bridgehead atoms. The zero-order chi connectivity index (χ0) is 9.84. The molecule has 0 radical (unpaired) electrons. The number of nitrogens with two attached hydrogens (primary N) is 1. The smallest absolute Gasteiger partial charge is 0.259 e. The lowest BCUT2D eigenvalue weighted by Crippen LogP contribution is -2.07. The van der Waals surface area contributed by atoms with E-state index in [1.165, 1.54) is 7.11 Å². The lowest BCUT2D eigenvalue weighted by molar-refractivity contribution is 0.165. The molecule has 1 atom stereocenters. The van der Waals surface area contributed by atoms with E-state index < -0.39 is 6.10 Å². The number of methoxy groups -OCH3 is 1. The van der Waals surface area contributed by atoms with Crippen LogP contribution in [0, 0.1) is 6.92 Å². The first-order valence-electron chi connectivity index (χ1n) is 4.09. The second kappa shape index (κ2) is 4.25. The van der Waals surface area contributed by atoms with Gasteiger partial charge in [0.05, 0.1) is 18.8 Å². The van der Waals surface area contributed by atoms with Crippen molar-refractivity contribution < 1.29 is 14.4 Å². The lowest BCUT2D eigenvalue weighted by atomic mass is 10.1. The zero-order valence-corrected chi connectivity index (χ0v) is 7.78. The maximum absolute atomic E-state index is 9.64. The Hall–Kier alpha value is -1.07. The van der Waals surface area contributed by atoms with Crippen molar-refractivity contribution in [2.24, 2.45) is 5.73 Å². The lowest BCUT2D eigenvalue weighted by Gasteiger charge is -2.08. The fraction of sp³-hybridized carbons (Fsp3) is 0.625. The van der Waals surface area contributed by atoms with Crippen molar-refractivity contribution >= 4 is 0 Å². The SMILES string of the molecule is COc1noc(C)c1C(O)CCN. The largest absolute Gasteiger partial charge is 0.479 e. The molecule has 1 heterocycles. The number of hydrogen-bond donors (Lipinski definition) is 2. The number of nitrogens with zero attached hydrogens (tertiary/aromatic N) is 1. The van der Waals surface area contributed by atoms with Gasteiger partial charge in [-0.1, -0.05) is 0 Å². The van der Waals surface area contributed by atoms with Crippen LogP contribution < -0.4 is 10.5 Å². The molecule has 0 saturated heterocycles. The van der Waals surface area contributed by atoms with Crippen LogP contribution in [0.25, 0.3) is 0 Å². The van der Waals surface area contributed by atoms with E-state index in [4.69, 9.17) is 15.0 Å². The monoisotopic (exact) mass is 186 g/mol. The summed E-state index contributed by atoms with van der Waals surface area (Å²) in [5, 5.41) is 13.3. The van der Waals surface area contributed by atoms with Crippen LogP contribution in [0.4, 0.5) is 0 Å². The Kier molecular flexibility index (Phi) is 3.27. The van der Waals surface area contributed by atoms with Crippen LogP contribution in [0.5, 0.6) is 5.88 Å². The molecule has 3 N–H and O–H groups in total. The fourth-order valence-corrected chi connectivity index (χ4v) is 1.19. The predicted molar refractivity (Wildman–Crippen MR) is 46.4 cm³/mol. The van der Waals surface area contributed by atoms with Crippen LogP contribution in [0.3, 0.4) is 0 Å². The molecule has 5 heteroatoms. The van der Waals surface area contributed by atoms with Crippen LogP contribution in [-0.2, 0) is 0 Å². The first kappa shape index (κ1) is 10.0. The maximum Gasteiger partial charge on any atom is 0.259 e. The Morgan fingerprint density at radius 3 is 2.92 bits per heavy atom. The molecule has 1 aromatic rings. The van der Waals surface area contributed by atoms with Crippen molar-refractivity contribution in [1.82, 2.24) is 5.16 Å². The van der Waals surface area contributed by atoms with Gasteiger partial charge in [-0.3, -0.25) is 0 Å². The summed E-state index contributed by atoms with van der Waals surface area (Å²) in [6.07, 6.45) is -0.190. The number of ether oxygens (including phenoxy) is 1. The van der Waals surface area contributed by atoms with Gasteiger partial charge in [-0.25, -0.2) is 0 Å². The number of aliphatic hydroxyl groups excluding tert-OH is 1. The van der Waals surface area contributed by atoms with E-state index >= 15 is 0 Å². The Labute approximate surface area is 76.5 Å². The number of aromatic nitrogens is 1. The Morgan fingerprint density at radius 2 is 2.38 bits per heavy atom. The van der Waals surface area contributed by atoms with Gasteiger partial charge >= 0.3 is 0 Å². The highest BCUT2D eigenvalue weighted by molar-refractivity contribution is 5.29. The molecule has 0 aliphatic rings. The molecule has 74 valence electrons. The van der Waals surface area contributed by atoms with Gasteiger partial charge in [0.2, 0.25) is 0 Å². The van der Waals surface area contributed by atoms with Crippen LogP contribution in [0.1, 0.15) is 23.8 Å². The van der Waals surface area contributed by atoms with Gasteiger partial charge < -0.3 is 20.1 Å². The molecule has 0 fully saturated rings. The van der Waals surface area contributed by atoms with Crippen LogP contribution in [0.15, 0.2) is 4.52 Å². The summed E-state index contributed by atoms with van der Waals surface area (Å²) in [5.74, 6) is 0.899. The van der Waals surface area contributed by atoms with E-state index in [1.807, 2.05) is 0 Å². The Bertz CT molecular complexity index is 272. The first-order valence-corrected chi connectivity index (χ1v) is 4.09. The molecule has 0 saturated carbocycles. The number of hydrogen-bond acceptors (Lipinski definition) is 5. The van der Waals surface area contributed by atoms with Gasteiger partial charge in [0.25, 0.3) is 5.88 Å². The standard InChI is InChI=1S/C8H14N2O3/c1-5-7(6(11)3-4-9)8(12-2)10-13-5/h6,11H,3-4,9H2,1-2H3. The van der Waals surface area contributed by atoms with Crippen molar-refractivity contribution in [1.29, 1.82) is 0 Å². The minimum absolute atomic E-state index is 0.332. The van der Waals surface area contributed by atoms with Crippen molar-refractivity contribution in [2.45, 2.75) is 19.4 Å². The predicted octanol–water partition coefficient (Wildman–Crippen LogP) is 0.374. The summed E-state index contributed by atoms with van der Waals surface area (Å²) in [7, 11) is 1.48. The molecule has 0 aromatic carbocycles. The van der Waals surface area contributed by atoms with E-state index in [0.717, 1.165) is 0 Å². The second-order valence-electron chi connectivity index (χ2n) is 2.75. The summed E-state index contributed by atoms with van der Waals surface area (Å²) in [6.45, 7) is 2.14. The van der Waals surface area contributed by atoms with Crippen LogP contribution in [-0.4, -0.2) is 23.9 Å². The summed E-state index contributed by atoms with van der Waals surface area (Å²) in [4.78, 5) is 0. The van der Waals surface area contributed by atoms with Crippen molar-refractivity contribution in [2.75, 3.05) is 13.7 Å². The summed E-state index contributed by atoms with van der Waals surface area (Å²) in [5.41, 5.74) is 5.92. The van der Waals surface area contributed by atoms with Crippen molar-refractivity contribution in [3.63, 3.8) is 0 Å². The zero-order valence-electron chi connectivity index (χ0n) is 7.78. The minimum Gasteiger partial charge on any atom is -0.479 e. The van der Waals surface area contributed by atoms with Gasteiger partial charge in [0, 0.05) is 0 Å². The van der Waals surface area contributed by atoms with Gasteiger partial charge in [-0.15, -0.1) is 0 Å². The molecule has 1 unspecified atom stereocenters. The van der Waals surface area contributed by atoms with Gasteiger partial charge in [0.15, 0.2) is 0 Å². The normalized spacial score (nSPS) is 12.9. The third-order valence-corrected chi connectivity index (χ3v) is 1.84. The summed E-state index contributed by atoms with van der Waals surface area (Å²) in [6, 6.07) is 0. The average Bonchev–Trinajstić information content (AvgIpc) is 2.47. The molecule has 5 nitrogen and oxygen atoms in total. The first-order chi connectivity index (χ1) is 6.20. The molecular weight excluding hydrogens is 172 g/mol. The quantitative estimate of drug-likeness (QED) is 0.710. The number of aryl methyl sites for hydroxylation is 1. The Balaban J connectivity index is 2.89. The maximum atomic E-state index is 9.64. The molecule has 1 aromatic heterocycles. The number of aliphatic hydroxyl groups is 1. The summed E-state index contributed by atoms with van der Waals surface area (Å²) < 4.78 is 9.81. The molecule has 13 heavy (non-hydrogen) atoms. The average molecular weight is 186 g/mol. The highest BCUT2D eigenvalue weighted by Gasteiger charge is 2.20. The topological polar surface area (TPSA) is 81.5 Å². The van der Waals surface area contributed by atoms with Crippen LogP contribution in [0.2, 0.25) is 0 Å². The third kappa shape index (κ3) is 1.99. The van der Waals surface area contributed by atoms with Gasteiger partial charge in [-0.2, -0.15) is 0 Å². The van der Waals surface area contributed by atoms with E-state index in [2.05, 4.69) is 5.16 Å². The molecule has 0 spiro atoms. The molecule has 0 amide bonds. The van der Waals surface area contributed by atoms with E-state index in [9.17, 15) is 5.11 Å². The van der Waals surface area contributed by atoms with Crippen molar-refractivity contribution in [3.8, 4) is 5.88 Å². The van der Waals surface area contributed by atoms with Gasteiger partial charge in [-0.05, 0) is 25.0 Å². The molecule has 1 rings (SSSR count). The summed E-state index contributed by atoms with van der Waals surface area (Å²) >= 11 is 0. The van der Waals surface area contributed by atoms with Gasteiger partial charge in [0.1, 0.15) is 5.76 Å². The van der Waals surface area contributed by atoms with Crippen LogP contribution >= 0.6 is 0 Å².